The highest BCUT2D eigenvalue weighted by Crippen LogP contribution is 2.26. The van der Waals surface area contributed by atoms with Crippen molar-refractivity contribution in [1.82, 2.24) is 4.90 Å². The van der Waals surface area contributed by atoms with E-state index in [0.717, 1.165) is 17.7 Å². The average Bonchev–Trinajstić information content (AvgIpc) is 3.08. The first-order chi connectivity index (χ1) is 13.1. The van der Waals surface area contributed by atoms with Gasteiger partial charge in [0.05, 0.1) is 25.8 Å². The van der Waals surface area contributed by atoms with Gasteiger partial charge in [-0.3, -0.25) is 9.59 Å². The van der Waals surface area contributed by atoms with Crippen molar-refractivity contribution in [3.63, 3.8) is 0 Å². The number of ether oxygens (including phenoxy) is 2. The van der Waals surface area contributed by atoms with Crippen molar-refractivity contribution in [2.75, 3.05) is 32.6 Å². The van der Waals surface area contributed by atoms with Gasteiger partial charge in [0.2, 0.25) is 11.8 Å². The molecule has 3 rings (SSSR count). The lowest BCUT2D eigenvalue weighted by atomic mass is 10.1. The number of para-hydroxylation sites is 2. The number of nitrogens with one attached hydrogen (secondary N) is 1. The molecule has 1 N–H and O–H groups in total. The third kappa shape index (κ3) is 4.58. The number of hydrogen-bond donors (Lipinski definition) is 1. The molecule has 0 radical (unpaired) electrons. The molecule has 1 atom stereocenters. The Labute approximate surface area is 159 Å². The maximum atomic E-state index is 12.6. The van der Waals surface area contributed by atoms with Gasteiger partial charge >= 0.3 is 0 Å². The molecule has 0 spiro atoms. The predicted molar refractivity (Wildman–Crippen MR) is 103 cm³/mol. The predicted octanol–water partition coefficient (Wildman–Crippen LogP) is 2.73. The molecule has 0 bridgehead atoms. The van der Waals surface area contributed by atoms with E-state index in [-0.39, 0.29) is 24.2 Å². The third-order valence-electron chi connectivity index (χ3n) is 4.78. The normalized spacial score (nSPS) is 16.3. The van der Waals surface area contributed by atoms with Crippen LogP contribution in [-0.2, 0) is 16.0 Å². The van der Waals surface area contributed by atoms with Crippen LogP contribution in [0.5, 0.6) is 11.5 Å². The van der Waals surface area contributed by atoms with Crippen LogP contribution in [0.2, 0.25) is 0 Å². The fourth-order valence-electron chi connectivity index (χ4n) is 3.20. The zero-order valence-electron chi connectivity index (χ0n) is 15.6. The van der Waals surface area contributed by atoms with E-state index in [1.54, 1.807) is 31.3 Å². The molecule has 6 nitrogen and oxygen atoms in total. The molecule has 1 aliphatic rings. The average molecular weight is 368 g/mol. The highest BCUT2D eigenvalue weighted by atomic mass is 16.5. The van der Waals surface area contributed by atoms with Crippen molar-refractivity contribution >= 4 is 17.5 Å². The minimum atomic E-state index is -0.349. The van der Waals surface area contributed by atoms with Crippen molar-refractivity contribution in [3.05, 3.63) is 54.1 Å². The summed E-state index contributed by atoms with van der Waals surface area (Å²) in [5.74, 6) is 0.928. The Bertz CT molecular complexity index is 804. The largest absolute Gasteiger partial charge is 0.497 e. The summed E-state index contributed by atoms with van der Waals surface area (Å²) in [4.78, 5) is 26.6. The van der Waals surface area contributed by atoms with Gasteiger partial charge in [0.15, 0.2) is 0 Å². The molecule has 142 valence electrons. The van der Waals surface area contributed by atoms with Gasteiger partial charge in [0.25, 0.3) is 0 Å². The molecule has 2 aromatic carbocycles. The molecule has 2 aromatic rings. The van der Waals surface area contributed by atoms with Crippen LogP contribution in [0.4, 0.5) is 5.69 Å². The topological polar surface area (TPSA) is 67.9 Å². The summed E-state index contributed by atoms with van der Waals surface area (Å²) < 4.78 is 10.4. The number of likely N-dealkylation sites (tertiary alicyclic amines) is 1. The Kier molecular flexibility index (Phi) is 5.96. The number of carbonyl (C=O) groups is 2. The fraction of sp³-hybridized carbons (Fsp3) is 0.333. The first kappa shape index (κ1) is 18.8. The molecule has 2 amide bonds. The number of amides is 2. The second kappa shape index (κ2) is 8.58. The molecule has 1 fully saturated rings. The van der Waals surface area contributed by atoms with Crippen molar-refractivity contribution in [2.45, 2.75) is 12.8 Å². The summed E-state index contributed by atoms with van der Waals surface area (Å²) in [7, 11) is 3.19. The van der Waals surface area contributed by atoms with E-state index in [1.165, 1.54) is 0 Å². The Morgan fingerprint density at radius 3 is 2.56 bits per heavy atom. The number of methoxy groups -OCH3 is 2. The van der Waals surface area contributed by atoms with Crippen molar-refractivity contribution in [2.24, 2.45) is 5.92 Å². The lowest BCUT2D eigenvalue weighted by molar-refractivity contribution is -0.128. The molecule has 0 saturated carbocycles. The van der Waals surface area contributed by atoms with Gasteiger partial charge < -0.3 is 19.7 Å². The lowest BCUT2D eigenvalue weighted by Gasteiger charge is -2.17. The van der Waals surface area contributed by atoms with Crippen molar-refractivity contribution in [3.8, 4) is 11.5 Å². The first-order valence-electron chi connectivity index (χ1n) is 8.95. The number of benzene rings is 2. The summed E-state index contributed by atoms with van der Waals surface area (Å²) in [6.07, 6.45) is 0.986. The SMILES string of the molecule is COc1ccc(CCN2CC(C(=O)Nc3ccccc3OC)CC2=O)cc1. The van der Waals surface area contributed by atoms with Crippen LogP contribution in [0.1, 0.15) is 12.0 Å². The van der Waals surface area contributed by atoms with E-state index in [9.17, 15) is 9.59 Å². The van der Waals surface area contributed by atoms with Gasteiger partial charge in [-0.1, -0.05) is 24.3 Å². The van der Waals surface area contributed by atoms with E-state index >= 15 is 0 Å². The van der Waals surface area contributed by atoms with Gasteiger partial charge in [-0.2, -0.15) is 0 Å². The number of anilines is 1. The van der Waals surface area contributed by atoms with Crippen LogP contribution in [0.3, 0.4) is 0 Å². The molecule has 1 saturated heterocycles. The van der Waals surface area contributed by atoms with Gasteiger partial charge in [0, 0.05) is 19.5 Å². The van der Waals surface area contributed by atoms with Crippen LogP contribution >= 0.6 is 0 Å². The summed E-state index contributed by atoms with van der Waals surface area (Å²) >= 11 is 0. The Morgan fingerprint density at radius 1 is 1.11 bits per heavy atom. The molecular formula is C21H24N2O4. The van der Waals surface area contributed by atoms with Crippen LogP contribution in [0, 0.1) is 5.92 Å². The summed E-state index contributed by atoms with van der Waals surface area (Å²) in [5.41, 5.74) is 1.75. The zero-order valence-corrected chi connectivity index (χ0v) is 15.6. The van der Waals surface area contributed by atoms with E-state index < -0.39 is 0 Å². The lowest BCUT2D eigenvalue weighted by Crippen LogP contribution is -2.30. The second-order valence-electron chi connectivity index (χ2n) is 6.53. The molecule has 1 unspecified atom stereocenters. The number of carbonyl (C=O) groups excluding carboxylic acids is 2. The number of rotatable bonds is 7. The molecule has 0 aromatic heterocycles. The standard InChI is InChI=1S/C21H24N2O4/c1-26-17-9-7-15(8-10-17)11-12-23-14-16(13-20(23)24)21(25)22-18-5-3-4-6-19(18)27-2/h3-10,16H,11-14H2,1-2H3,(H,22,25). The Hall–Kier alpha value is -3.02. The third-order valence-corrected chi connectivity index (χ3v) is 4.78. The second-order valence-corrected chi connectivity index (χ2v) is 6.53. The molecule has 1 heterocycles. The quantitative estimate of drug-likeness (QED) is 0.816. The van der Waals surface area contributed by atoms with E-state index in [0.29, 0.717) is 24.5 Å². The Morgan fingerprint density at radius 2 is 1.85 bits per heavy atom. The van der Waals surface area contributed by atoms with Crippen molar-refractivity contribution in [1.29, 1.82) is 0 Å². The van der Waals surface area contributed by atoms with Gasteiger partial charge in [-0.25, -0.2) is 0 Å². The van der Waals surface area contributed by atoms with Crippen LogP contribution < -0.4 is 14.8 Å². The molecule has 0 aliphatic carbocycles. The smallest absolute Gasteiger partial charge is 0.229 e. The van der Waals surface area contributed by atoms with Crippen molar-refractivity contribution < 1.29 is 19.1 Å². The van der Waals surface area contributed by atoms with Crippen LogP contribution in [0.15, 0.2) is 48.5 Å². The summed E-state index contributed by atoms with van der Waals surface area (Å²) in [6.45, 7) is 1.04. The maximum Gasteiger partial charge on any atom is 0.229 e. The summed E-state index contributed by atoms with van der Waals surface area (Å²) in [5, 5.41) is 2.87. The molecule has 6 heteroatoms. The Balaban J connectivity index is 1.55. The molecule has 27 heavy (non-hydrogen) atoms. The molecule has 1 aliphatic heterocycles. The molecular weight excluding hydrogens is 344 g/mol. The maximum absolute atomic E-state index is 12.6. The zero-order chi connectivity index (χ0) is 19.2. The van der Waals surface area contributed by atoms with E-state index in [2.05, 4.69) is 5.32 Å². The van der Waals surface area contributed by atoms with Gasteiger partial charge in [0.1, 0.15) is 11.5 Å². The van der Waals surface area contributed by atoms with E-state index in [1.807, 2.05) is 36.4 Å². The highest BCUT2D eigenvalue weighted by Gasteiger charge is 2.34. The minimum absolute atomic E-state index is 0.0173. The van der Waals surface area contributed by atoms with Gasteiger partial charge in [-0.15, -0.1) is 0 Å². The fourth-order valence-corrected chi connectivity index (χ4v) is 3.20. The van der Waals surface area contributed by atoms with Gasteiger partial charge in [-0.05, 0) is 36.2 Å². The monoisotopic (exact) mass is 368 g/mol. The van der Waals surface area contributed by atoms with E-state index in [4.69, 9.17) is 9.47 Å². The van der Waals surface area contributed by atoms with Crippen LogP contribution in [0.25, 0.3) is 0 Å². The number of hydrogen-bond acceptors (Lipinski definition) is 4. The number of nitrogens with zero attached hydrogens (tertiary/aromatic N) is 1. The first-order valence-corrected chi connectivity index (χ1v) is 8.95. The minimum Gasteiger partial charge on any atom is -0.497 e. The summed E-state index contributed by atoms with van der Waals surface area (Å²) in [6, 6.07) is 15.0. The highest BCUT2D eigenvalue weighted by molar-refractivity contribution is 5.98. The van der Waals surface area contributed by atoms with Crippen LogP contribution in [-0.4, -0.2) is 44.0 Å².